The molecule has 0 bridgehead atoms. The Morgan fingerprint density at radius 3 is 2.40 bits per heavy atom. The molecule has 0 fully saturated rings. The number of nitrogen functional groups attached to an aromatic ring is 2. The van der Waals surface area contributed by atoms with Crippen molar-refractivity contribution in [3.8, 4) is 17.3 Å². The molecule has 0 aliphatic heterocycles. The van der Waals surface area contributed by atoms with Crippen LogP contribution in [-0.2, 0) is 0 Å². The molecule has 0 radical (unpaired) electrons. The van der Waals surface area contributed by atoms with E-state index in [2.05, 4.69) is 25.9 Å². The number of benzene rings is 1. The number of nitrogens with zero attached hydrogens (tertiary/aromatic N) is 3. The molecule has 9 heteroatoms. The molecular weight excluding hydrogens is 339 g/mol. The summed E-state index contributed by atoms with van der Waals surface area (Å²) in [6, 6.07) is 2.32. The monoisotopic (exact) mass is 343 g/mol. The first-order chi connectivity index (χ1) is 9.36. The van der Waals surface area contributed by atoms with Gasteiger partial charge in [-0.2, -0.15) is 10.2 Å². The van der Waals surface area contributed by atoms with E-state index in [1.807, 2.05) is 0 Å². The van der Waals surface area contributed by atoms with Crippen molar-refractivity contribution < 1.29 is 13.2 Å². The molecule has 0 saturated heterocycles. The SMILES string of the molecule is N#Cc1c(N)nc(N)nc1-c1c(F)cc(Br)c(F)c1F. The van der Waals surface area contributed by atoms with Gasteiger partial charge in [0.2, 0.25) is 5.95 Å². The zero-order valence-corrected chi connectivity index (χ0v) is 11.2. The van der Waals surface area contributed by atoms with E-state index in [0.29, 0.717) is 6.07 Å². The van der Waals surface area contributed by atoms with E-state index >= 15 is 0 Å². The van der Waals surface area contributed by atoms with Gasteiger partial charge in [0.05, 0.1) is 10.0 Å². The van der Waals surface area contributed by atoms with Crippen molar-refractivity contribution in [1.82, 2.24) is 9.97 Å². The fourth-order valence-electron chi connectivity index (χ4n) is 1.57. The minimum absolute atomic E-state index is 0.350. The normalized spacial score (nSPS) is 10.3. The summed E-state index contributed by atoms with van der Waals surface area (Å²) in [5.74, 6) is -4.69. The maximum absolute atomic E-state index is 13.9. The van der Waals surface area contributed by atoms with Gasteiger partial charge in [-0.3, -0.25) is 0 Å². The molecule has 0 unspecified atom stereocenters. The van der Waals surface area contributed by atoms with Crippen molar-refractivity contribution >= 4 is 27.7 Å². The van der Waals surface area contributed by atoms with E-state index in [1.54, 1.807) is 6.07 Å². The molecule has 5 nitrogen and oxygen atoms in total. The fraction of sp³-hybridized carbons (Fsp3) is 0. The largest absolute Gasteiger partial charge is 0.382 e. The van der Waals surface area contributed by atoms with Gasteiger partial charge >= 0.3 is 0 Å². The van der Waals surface area contributed by atoms with Crippen LogP contribution in [0.1, 0.15) is 5.56 Å². The van der Waals surface area contributed by atoms with E-state index < -0.39 is 44.7 Å². The van der Waals surface area contributed by atoms with Crippen LogP contribution in [0.15, 0.2) is 10.5 Å². The van der Waals surface area contributed by atoms with Crippen LogP contribution in [0, 0.1) is 28.8 Å². The first-order valence-corrected chi connectivity index (χ1v) is 5.82. The Balaban J connectivity index is 2.89. The maximum atomic E-state index is 13.9. The van der Waals surface area contributed by atoms with Crippen LogP contribution >= 0.6 is 15.9 Å². The number of halogens is 4. The minimum Gasteiger partial charge on any atom is -0.382 e. The predicted octanol–water partition coefficient (Wildman–Crippen LogP) is 2.36. The van der Waals surface area contributed by atoms with Gasteiger partial charge in [-0.1, -0.05) is 0 Å². The Bertz CT molecular complexity index is 757. The standard InChI is InChI=1S/C11H5BrF3N5/c12-4-1-5(13)6(8(15)7(4)14)9-3(2-16)10(17)20-11(18)19-9/h1H,(H4,17,18,19,20). The molecule has 0 aliphatic rings. The molecule has 0 atom stereocenters. The van der Waals surface area contributed by atoms with E-state index in [1.165, 1.54) is 0 Å². The van der Waals surface area contributed by atoms with Crippen LogP contribution in [0.25, 0.3) is 11.3 Å². The molecule has 0 aliphatic carbocycles. The second kappa shape index (κ2) is 4.97. The lowest BCUT2D eigenvalue weighted by Crippen LogP contribution is -2.07. The van der Waals surface area contributed by atoms with E-state index in [4.69, 9.17) is 16.7 Å². The highest BCUT2D eigenvalue weighted by atomic mass is 79.9. The Labute approximate surface area is 119 Å². The molecule has 4 N–H and O–H groups in total. The van der Waals surface area contributed by atoms with Gasteiger partial charge in [0.25, 0.3) is 0 Å². The van der Waals surface area contributed by atoms with Gasteiger partial charge in [0, 0.05) is 0 Å². The van der Waals surface area contributed by atoms with Crippen molar-refractivity contribution in [3.63, 3.8) is 0 Å². The van der Waals surface area contributed by atoms with Crippen LogP contribution in [-0.4, -0.2) is 9.97 Å². The quantitative estimate of drug-likeness (QED) is 0.611. The number of hydrogen-bond donors (Lipinski definition) is 2. The van der Waals surface area contributed by atoms with Crippen LogP contribution in [0.5, 0.6) is 0 Å². The smallest absolute Gasteiger partial charge is 0.222 e. The maximum Gasteiger partial charge on any atom is 0.222 e. The highest BCUT2D eigenvalue weighted by Gasteiger charge is 2.24. The van der Waals surface area contributed by atoms with Crippen molar-refractivity contribution in [2.45, 2.75) is 0 Å². The average Bonchev–Trinajstić information content (AvgIpc) is 2.35. The lowest BCUT2D eigenvalue weighted by Gasteiger charge is -2.10. The van der Waals surface area contributed by atoms with Crippen molar-refractivity contribution in [2.24, 2.45) is 0 Å². The Kier molecular flexibility index (Phi) is 3.50. The van der Waals surface area contributed by atoms with Crippen LogP contribution in [0.2, 0.25) is 0 Å². The van der Waals surface area contributed by atoms with E-state index in [9.17, 15) is 13.2 Å². The summed E-state index contributed by atoms with van der Waals surface area (Å²) in [4.78, 5) is 7.07. The number of rotatable bonds is 1. The molecule has 1 aromatic heterocycles. The minimum atomic E-state index is -1.51. The molecule has 0 amide bonds. The summed E-state index contributed by atoms with van der Waals surface area (Å²) in [5, 5.41) is 8.96. The summed E-state index contributed by atoms with van der Waals surface area (Å²) in [7, 11) is 0. The van der Waals surface area contributed by atoms with Crippen molar-refractivity contribution in [2.75, 3.05) is 11.5 Å². The lowest BCUT2D eigenvalue weighted by atomic mass is 10.1. The van der Waals surface area contributed by atoms with Crippen molar-refractivity contribution in [1.29, 1.82) is 5.26 Å². The van der Waals surface area contributed by atoms with Crippen LogP contribution < -0.4 is 11.5 Å². The first kappa shape index (κ1) is 14.1. The van der Waals surface area contributed by atoms with Gasteiger partial charge in [0.1, 0.15) is 29.0 Å². The van der Waals surface area contributed by atoms with Gasteiger partial charge in [-0.05, 0) is 22.0 Å². The molecule has 2 rings (SSSR count). The first-order valence-electron chi connectivity index (χ1n) is 5.03. The third kappa shape index (κ3) is 2.14. The molecular formula is C11H5BrF3N5. The summed E-state index contributed by atoms with van der Waals surface area (Å²) < 4.78 is 40.9. The summed E-state index contributed by atoms with van der Waals surface area (Å²) >= 11 is 2.67. The molecule has 0 spiro atoms. The van der Waals surface area contributed by atoms with Crippen LogP contribution in [0.4, 0.5) is 24.9 Å². The molecule has 1 aromatic carbocycles. The zero-order valence-electron chi connectivity index (χ0n) is 9.59. The van der Waals surface area contributed by atoms with E-state index in [0.717, 1.165) is 0 Å². The van der Waals surface area contributed by atoms with E-state index in [-0.39, 0.29) is 5.82 Å². The Morgan fingerprint density at radius 1 is 1.15 bits per heavy atom. The number of nitriles is 1. The third-order valence-electron chi connectivity index (χ3n) is 2.42. The Hall–Kier alpha value is -2.34. The van der Waals surface area contributed by atoms with Gasteiger partial charge in [-0.25, -0.2) is 18.2 Å². The highest BCUT2D eigenvalue weighted by molar-refractivity contribution is 9.10. The molecule has 0 saturated carbocycles. The zero-order chi connectivity index (χ0) is 15.0. The number of hydrogen-bond acceptors (Lipinski definition) is 5. The lowest BCUT2D eigenvalue weighted by molar-refractivity contribution is 0.494. The summed E-state index contributed by atoms with van der Waals surface area (Å²) in [6.07, 6.45) is 0. The molecule has 102 valence electrons. The van der Waals surface area contributed by atoms with Crippen LogP contribution in [0.3, 0.4) is 0 Å². The highest BCUT2D eigenvalue weighted by Crippen LogP contribution is 2.33. The van der Waals surface area contributed by atoms with Gasteiger partial charge in [-0.15, -0.1) is 0 Å². The summed E-state index contributed by atoms with van der Waals surface area (Å²) in [6.45, 7) is 0. The number of anilines is 2. The second-order valence-electron chi connectivity index (χ2n) is 3.65. The topological polar surface area (TPSA) is 102 Å². The molecule has 1 heterocycles. The molecule has 2 aromatic rings. The third-order valence-corrected chi connectivity index (χ3v) is 2.99. The summed E-state index contributed by atoms with van der Waals surface area (Å²) in [5.41, 5.74) is 9.04. The number of aromatic nitrogens is 2. The second-order valence-corrected chi connectivity index (χ2v) is 4.50. The molecule has 20 heavy (non-hydrogen) atoms. The Morgan fingerprint density at radius 2 is 1.80 bits per heavy atom. The van der Waals surface area contributed by atoms with Gasteiger partial charge < -0.3 is 11.5 Å². The fourth-order valence-corrected chi connectivity index (χ4v) is 1.95. The van der Waals surface area contributed by atoms with Gasteiger partial charge in [0.15, 0.2) is 11.6 Å². The predicted molar refractivity (Wildman–Crippen MR) is 68.6 cm³/mol. The van der Waals surface area contributed by atoms with Crippen molar-refractivity contribution in [3.05, 3.63) is 33.6 Å². The number of nitrogens with two attached hydrogens (primary N) is 2. The average molecular weight is 344 g/mol.